The number of ether oxygens (including phenoxy) is 2. The Hall–Kier alpha value is -2.80. The van der Waals surface area contributed by atoms with Crippen molar-refractivity contribution in [3.63, 3.8) is 0 Å². The SMILES string of the molecule is CCOc1cc(CN2CC[C@@H](c3cc4nc(C)c(CC)c(=O)n4[nH]3)C2)ccc1OC. The normalized spacial score (nSPS) is 17.0. The number of H-pyrrole nitrogens is 1. The summed E-state index contributed by atoms with van der Waals surface area (Å²) < 4.78 is 12.7. The fraction of sp³-hybridized carbons (Fsp3) is 0.478. The largest absolute Gasteiger partial charge is 0.493 e. The minimum atomic E-state index is 0.0165. The van der Waals surface area contributed by atoms with Gasteiger partial charge in [0, 0.05) is 42.0 Å². The van der Waals surface area contributed by atoms with Crippen LogP contribution in [0.3, 0.4) is 0 Å². The highest BCUT2D eigenvalue weighted by atomic mass is 16.5. The number of rotatable bonds is 7. The van der Waals surface area contributed by atoms with Crippen molar-refractivity contribution in [3.05, 3.63) is 57.1 Å². The predicted molar refractivity (Wildman–Crippen MR) is 117 cm³/mol. The fourth-order valence-corrected chi connectivity index (χ4v) is 4.38. The van der Waals surface area contributed by atoms with E-state index in [1.165, 1.54) is 5.56 Å². The molecule has 1 N–H and O–H groups in total. The number of benzene rings is 1. The van der Waals surface area contributed by atoms with E-state index in [0.29, 0.717) is 24.6 Å². The van der Waals surface area contributed by atoms with Crippen LogP contribution in [0.5, 0.6) is 11.5 Å². The third-order valence-corrected chi connectivity index (χ3v) is 5.93. The van der Waals surface area contributed by atoms with Crippen molar-refractivity contribution in [1.29, 1.82) is 0 Å². The summed E-state index contributed by atoms with van der Waals surface area (Å²) in [5, 5.41) is 3.31. The minimum absolute atomic E-state index is 0.0165. The van der Waals surface area contributed by atoms with Gasteiger partial charge >= 0.3 is 0 Å². The molecule has 7 heteroatoms. The summed E-state index contributed by atoms with van der Waals surface area (Å²) in [6.07, 6.45) is 1.74. The van der Waals surface area contributed by atoms with Crippen LogP contribution in [-0.2, 0) is 13.0 Å². The summed E-state index contributed by atoms with van der Waals surface area (Å²) in [7, 11) is 1.66. The molecular weight excluding hydrogens is 380 g/mol. The zero-order valence-electron chi connectivity index (χ0n) is 18.2. The van der Waals surface area contributed by atoms with E-state index in [4.69, 9.17) is 9.47 Å². The molecule has 0 aliphatic carbocycles. The Morgan fingerprint density at radius 2 is 2.07 bits per heavy atom. The number of fused-ring (bicyclic) bond motifs is 1. The lowest BCUT2D eigenvalue weighted by atomic mass is 10.1. The highest BCUT2D eigenvalue weighted by Crippen LogP contribution is 2.31. The van der Waals surface area contributed by atoms with Crippen LogP contribution in [0, 0.1) is 6.92 Å². The first kappa shape index (κ1) is 20.5. The predicted octanol–water partition coefficient (Wildman–Crippen LogP) is 3.29. The van der Waals surface area contributed by atoms with Gasteiger partial charge in [-0.05, 0) is 50.9 Å². The first-order valence-electron chi connectivity index (χ1n) is 10.7. The quantitative estimate of drug-likeness (QED) is 0.647. The number of aryl methyl sites for hydroxylation is 1. The van der Waals surface area contributed by atoms with Crippen LogP contribution < -0.4 is 15.0 Å². The Kier molecular flexibility index (Phi) is 5.81. The van der Waals surface area contributed by atoms with Crippen molar-refractivity contribution in [3.8, 4) is 11.5 Å². The molecule has 0 amide bonds. The maximum absolute atomic E-state index is 12.7. The molecule has 0 radical (unpaired) electrons. The van der Waals surface area contributed by atoms with E-state index in [0.717, 1.165) is 54.5 Å². The molecule has 0 saturated carbocycles. The summed E-state index contributed by atoms with van der Waals surface area (Å²) in [5.41, 5.74) is 4.61. The monoisotopic (exact) mass is 410 g/mol. The van der Waals surface area contributed by atoms with Crippen LogP contribution in [-0.4, -0.2) is 46.3 Å². The maximum Gasteiger partial charge on any atom is 0.276 e. The summed E-state index contributed by atoms with van der Waals surface area (Å²) in [6, 6.07) is 8.16. The smallest absolute Gasteiger partial charge is 0.276 e. The lowest BCUT2D eigenvalue weighted by Crippen LogP contribution is -2.22. The van der Waals surface area contributed by atoms with E-state index < -0.39 is 0 Å². The zero-order chi connectivity index (χ0) is 21.3. The van der Waals surface area contributed by atoms with Gasteiger partial charge in [-0.2, -0.15) is 0 Å². The van der Waals surface area contributed by atoms with Crippen molar-refractivity contribution in [2.24, 2.45) is 0 Å². The molecule has 1 aromatic carbocycles. The Morgan fingerprint density at radius 1 is 1.23 bits per heavy atom. The van der Waals surface area contributed by atoms with Gasteiger partial charge in [-0.15, -0.1) is 0 Å². The van der Waals surface area contributed by atoms with Crippen molar-refractivity contribution in [2.75, 3.05) is 26.8 Å². The van der Waals surface area contributed by atoms with Gasteiger partial charge in [0.2, 0.25) is 0 Å². The molecule has 1 saturated heterocycles. The van der Waals surface area contributed by atoms with Crippen molar-refractivity contribution < 1.29 is 9.47 Å². The third kappa shape index (κ3) is 3.81. The van der Waals surface area contributed by atoms with Crippen molar-refractivity contribution in [2.45, 2.75) is 46.1 Å². The van der Waals surface area contributed by atoms with Gasteiger partial charge in [-0.25, -0.2) is 9.50 Å². The number of likely N-dealkylation sites (tertiary alicyclic amines) is 1. The summed E-state index contributed by atoms with van der Waals surface area (Å²) in [4.78, 5) is 19.8. The molecule has 0 unspecified atom stereocenters. The molecule has 4 rings (SSSR count). The van der Waals surface area contributed by atoms with Crippen LogP contribution in [0.2, 0.25) is 0 Å². The molecule has 2 aromatic heterocycles. The fourth-order valence-electron chi connectivity index (χ4n) is 4.38. The second kappa shape index (κ2) is 8.52. The van der Waals surface area contributed by atoms with Gasteiger partial charge in [-0.3, -0.25) is 14.8 Å². The topological polar surface area (TPSA) is 71.9 Å². The van der Waals surface area contributed by atoms with E-state index in [9.17, 15) is 4.79 Å². The zero-order valence-corrected chi connectivity index (χ0v) is 18.2. The molecule has 1 atom stereocenters. The number of nitrogens with one attached hydrogen (secondary N) is 1. The van der Waals surface area contributed by atoms with E-state index in [-0.39, 0.29) is 5.56 Å². The standard InChI is InChI=1S/C23H30N4O3/c1-5-18-15(3)24-22-12-19(25-27(22)23(18)28)17-9-10-26(14-17)13-16-7-8-20(29-4)21(11-16)30-6-2/h7-8,11-12,17,25H,5-6,9-10,13-14H2,1-4H3/t17-/m1/s1. The Morgan fingerprint density at radius 3 is 2.80 bits per heavy atom. The molecule has 1 aliphatic heterocycles. The summed E-state index contributed by atoms with van der Waals surface area (Å²) >= 11 is 0. The highest BCUT2D eigenvalue weighted by Gasteiger charge is 2.26. The number of methoxy groups -OCH3 is 1. The first-order chi connectivity index (χ1) is 14.5. The van der Waals surface area contributed by atoms with Gasteiger partial charge in [0.15, 0.2) is 17.1 Å². The van der Waals surface area contributed by atoms with Gasteiger partial charge < -0.3 is 9.47 Å². The van der Waals surface area contributed by atoms with Gasteiger partial charge in [0.25, 0.3) is 5.56 Å². The minimum Gasteiger partial charge on any atom is -0.493 e. The molecule has 7 nitrogen and oxygen atoms in total. The molecular formula is C23H30N4O3. The first-order valence-corrected chi connectivity index (χ1v) is 10.7. The number of aromatic amines is 1. The second-order valence-electron chi connectivity index (χ2n) is 7.88. The Bertz CT molecular complexity index is 1100. The lowest BCUT2D eigenvalue weighted by Gasteiger charge is -2.17. The molecule has 3 heterocycles. The molecule has 1 aliphatic rings. The third-order valence-electron chi connectivity index (χ3n) is 5.93. The van der Waals surface area contributed by atoms with Gasteiger partial charge in [-0.1, -0.05) is 13.0 Å². The number of nitrogens with zero attached hydrogens (tertiary/aromatic N) is 3. The highest BCUT2D eigenvalue weighted by molar-refractivity contribution is 5.44. The lowest BCUT2D eigenvalue weighted by molar-refractivity contribution is 0.305. The van der Waals surface area contributed by atoms with Crippen LogP contribution in [0.4, 0.5) is 0 Å². The summed E-state index contributed by atoms with van der Waals surface area (Å²) in [6.45, 7) is 9.30. The number of hydrogen-bond acceptors (Lipinski definition) is 5. The molecule has 0 bridgehead atoms. The van der Waals surface area contributed by atoms with E-state index >= 15 is 0 Å². The van der Waals surface area contributed by atoms with Crippen molar-refractivity contribution >= 4 is 5.65 Å². The molecule has 0 spiro atoms. The van der Waals surface area contributed by atoms with Gasteiger partial charge in [0.1, 0.15) is 0 Å². The van der Waals surface area contributed by atoms with E-state index in [2.05, 4.69) is 27.1 Å². The van der Waals surface area contributed by atoms with Crippen LogP contribution in [0.25, 0.3) is 5.65 Å². The van der Waals surface area contributed by atoms with Gasteiger partial charge in [0.05, 0.1) is 13.7 Å². The Labute approximate surface area is 176 Å². The van der Waals surface area contributed by atoms with E-state index in [1.54, 1.807) is 11.6 Å². The molecule has 160 valence electrons. The maximum atomic E-state index is 12.7. The average molecular weight is 411 g/mol. The van der Waals surface area contributed by atoms with Crippen LogP contribution in [0.15, 0.2) is 29.1 Å². The number of aromatic nitrogens is 3. The second-order valence-corrected chi connectivity index (χ2v) is 7.88. The number of hydrogen-bond donors (Lipinski definition) is 1. The molecule has 30 heavy (non-hydrogen) atoms. The average Bonchev–Trinajstić information content (AvgIpc) is 3.36. The molecule has 1 fully saturated rings. The molecule has 3 aromatic rings. The van der Waals surface area contributed by atoms with Crippen LogP contribution in [0.1, 0.15) is 48.7 Å². The van der Waals surface area contributed by atoms with E-state index in [1.807, 2.05) is 32.9 Å². The van der Waals surface area contributed by atoms with Crippen molar-refractivity contribution in [1.82, 2.24) is 19.5 Å². The Balaban J connectivity index is 1.50. The van der Waals surface area contributed by atoms with Crippen LogP contribution >= 0.6 is 0 Å². The summed E-state index contributed by atoms with van der Waals surface area (Å²) in [5.74, 6) is 1.91.